The second-order valence-corrected chi connectivity index (χ2v) is 10.6. The number of phosphoric acid groups is 1. The van der Waals surface area contributed by atoms with Gasteiger partial charge in [0, 0.05) is 0 Å². The molecule has 4 aromatic rings. The van der Waals surface area contributed by atoms with E-state index in [1.165, 1.54) is 21.8 Å². The van der Waals surface area contributed by atoms with Gasteiger partial charge in [0.1, 0.15) is 54.2 Å². The minimum Gasteiger partial charge on any atom is -0.394 e. The molecule has 4 aromatic heterocycles. The summed E-state index contributed by atoms with van der Waals surface area (Å²) in [5, 5.41) is 30.7. The van der Waals surface area contributed by atoms with Crippen molar-refractivity contribution in [2.45, 2.75) is 49.1 Å². The Labute approximate surface area is 228 Å². The Balaban J connectivity index is 1.18. The Morgan fingerprint density at radius 3 is 2.05 bits per heavy atom. The largest absolute Gasteiger partial charge is 0.472 e. The van der Waals surface area contributed by atoms with Crippen LogP contribution in [-0.4, -0.2) is 109 Å². The molecular weight excluding hydrogens is 574 g/mol. The first-order valence-corrected chi connectivity index (χ1v) is 13.5. The van der Waals surface area contributed by atoms with Crippen molar-refractivity contribution in [3.63, 3.8) is 0 Å². The molecule has 6 rings (SSSR count). The summed E-state index contributed by atoms with van der Waals surface area (Å²) in [6.45, 7) is -1.44. The van der Waals surface area contributed by atoms with Gasteiger partial charge in [-0.05, 0) is 0 Å². The molecule has 2 saturated heterocycles. The zero-order chi connectivity index (χ0) is 29.1. The van der Waals surface area contributed by atoms with Gasteiger partial charge in [0.15, 0.2) is 41.6 Å². The average molecular weight is 598 g/mol. The van der Waals surface area contributed by atoms with E-state index < -0.39 is 70.2 Å². The van der Waals surface area contributed by atoms with E-state index in [2.05, 4.69) is 29.9 Å². The number of aromatic nitrogens is 8. The maximum Gasteiger partial charge on any atom is 0.472 e. The molecule has 0 aliphatic carbocycles. The molecule has 6 heterocycles. The Morgan fingerprint density at radius 1 is 0.902 bits per heavy atom. The predicted octanol–water partition coefficient (Wildman–Crippen LogP) is -1.82. The zero-order valence-electron chi connectivity index (χ0n) is 20.7. The summed E-state index contributed by atoms with van der Waals surface area (Å²) in [4.78, 5) is 34.4. The summed E-state index contributed by atoms with van der Waals surface area (Å²) in [5.74, 6) is 0.110. The fourth-order valence-corrected chi connectivity index (χ4v) is 5.67. The molecule has 19 nitrogen and oxygen atoms in total. The van der Waals surface area contributed by atoms with Gasteiger partial charge in [-0.15, -0.1) is 0 Å². The lowest BCUT2D eigenvalue weighted by Gasteiger charge is -2.24. The summed E-state index contributed by atoms with van der Waals surface area (Å²) in [7, 11) is -5.03. The van der Waals surface area contributed by atoms with Gasteiger partial charge in [-0.1, -0.05) is 0 Å². The molecule has 41 heavy (non-hydrogen) atoms. The van der Waals surface area contributed by atoms with Crippen molar-refractivity contribution < 1.29 is 47.7 Å². The topological polar surface area (TPSA) is 274 Å². The van der Waals surface area contributed by atoms with E-state index in [9.17, 15) is 24.8 Å². The van der Waals surface area contributed by atoms with Crippen molar-refractivity contribution >= 4 is 41.8 Å². The molecule has 1 unspecified atom stereocenters. The highest BCUT2D eigenvalue weighted by Crippen LogP contribution is 2.50. The minimum atomic E-state index is -5.03. The maximum absolute atomic E-state index is 15.1. The molecule has 220 valence electrons. The minimum absolute atomic E-state index is 0.0545. The summed E-state index contributed by atoms with van der Waals surface area (Å²) in [6, 6.07) is 0. The second-order valence-electron chi connectivity index (χ2n) is 9.24. The van der Waals surface area contributed by atoms with Crippen LogP contribution >= 0.6 is 7.82 Å². The van der Waals surface area contributed by atoms with E-state index in [-0.39, 0.29) is 34.0 Å². The number of aliphatic hydroxyl groups is 3. The number of anilines is 2. The summed E-state index contributed by atoms with van der Waals surface area (Å²) < 4.78 is 52.0. The van der Waals surface area contributed by atoms with Gasteiger partial charge in [-0.25, -0.2) is 38.9 Å². The molecule has 21 heteroatoms. The SMILES string of the molecule is Nc1ncnc2c1ncn2[C@@H]1O[C@H](COP(=O)(O)O[C@H]2[C@@H](O)[C@@H](CO)O[C@H]2n2cnc3c(N)ncnc32)[C@H](O)[C@@H]1F. The molecule has 2 aliphatic heterocycles. The summed E-state index contributed by atoms with van der Waals surface area (Å²) in [6.07, 6.45) is -7.52. The van der Waals surface area contributed by atoms with Crippen LogP contribution in [0.25, 0.3) is 22.3 Å². The molecule has 0 saturated carbocycles. The van der Waals surface area contributed by atoms with Crippen LogP contribution in [0.4, 0.5) is 16.0 Å². The molecule has 8 N–H and O–H groups in total. The number of fused-ring (bicyclic) bond motifs is 2. The lowest BCUT2D eigenvalue weighted by Crippen LogP contribution is -2.35. The van der Waals surface area contributed by atoms with E-state index in [1.54, 1.807) is 0 Å². The van der Waals surface area contributed by atoms with Crippen LogP contribution in [0.15, 0.2) is 25.3 Å². The number of ether oxygens (including phenoxy) is 2. The first kappa shape index (κ1) is 27.7. The van der Waals surface area contributed by atoms with Gasteiger partial charge in [0.05, 0.1) is 25.9 Å². The first-order chi connectivity index (χ1) is 19.6. The van der Waals surface area contributed by atoms with Crippen molar-refractivity contribution in [1.29, 1.82) is 0 Å². The third-order valence-electron chi connectivity index (χ3n) is 6.77. The molecule has 0 aromatic carbocycles. The summed E-state index contributed by atoms with van der Waals surface area (Å²) in [5.41, 5.74) is 12.3. The smallest absolute Gasteiger partial charge is 0.394 e. The molecule has 2 aliphatic rings. The Kier molecular flexibility index (Phi) is 7.04. The molecule has 0 radical (unpaired) electrons. The van der Waals surface area contributed by atoms with E-state index in [1.807, 2.05) is 0 Å². The summed E-state index contributed by atoms with van der Waals surface area (Å²) >= 11 is 0. The van der Waals surface area contributed by atoms with Gasteiger partial charge < -0.3 is 41.2 Å². The van der Waals surface area contributed by atoms with Crippen LogP contribution in [0.2, 0.25) is 0 Å². The maximum atomic E-state index is 15.1. The van der Waals surface area contributed by atoms with Crippen LogP contribution in [0, 0.1) is 0 Å². The van der Waals surface area contributed by atoms with Gasteiger partial charge in [-0.2, -0.15) is 0 Å². The lowest BCUT2D eigenvalue weighted by atomic mass is 10.1. The fraction of sp³-hybridized carbons (Fsp3) is 0.500. The monoisotopic (exact) mass is 598 g/mol. The number of alkyl halides is 1. The number of nitrogen functional groups attached to an aromatic ring is 2. The second kappa shape index (κ2) is 10.4. The highest BCUT2D eigenvalue weighted by molar-refractivity contribution is 7.47. The van der Waals surface area contributed by atoms with Gasteiger partial charge in [0.25, 0.3) is 0 Å². The number of hydrogen-bond acceptors (Lipinski definition) is 16. The standard InChI is InChI=1S/C20H24FN10O9P/c21-9-12(33)8(39-19(9)30-5-28-10-15(22)24-3-26-17(10)30)2-37-41(35,36)40-14-13(34)7(1-32)38-20(14)31-6-29-11-16(23)25-4-27-18(11)31/h3-9,12-14,19-20,32-34H,1-2H2,(H,35,36)(H2,22,24,26)(H2,23,25,27)/t7-,8-,9+,12+,13+,14+,19-,20-/m1/s1. The van der Waals surface area contributed by atoms with Crippen molar-refractivity contribution in [3.8, 4) is 0 Å². The molecule has 0 spiro atoms. The zero-order valence-corrected chi connectivity index (χ0v) is 21.6. The van der Waals surface area contributed by atoms with Gasteiger partial charge in [0.2, 0.25) is 0 Å². The highest BCUT2D eigenvalue weighted by Gasteiger charge is 2.51. The van der Waals surface area contributed by atoms with Crippen LogP contribution in [0.1, 0.15) is 12.5 Å². The van der Waals surface area contributed by atoms with E-state index in [4.69, 9.17) is 30.0 Å². The van der Waals surface area contributed by atoms with E-state index in [0.29, 0.717) is 0 Å². The van der Waals surface area contributed by atoms with E-state index in [0.717, 1.165) is 12.7 Å². The number of imidazole rings is 2. The highest BCUT2D eigenvalue weighted by atomic mass is 31.2. The quantitative estimate of drug-likeness (QED) is 0.122. The Hall–Kier alpha value is -3.46. The average Bonchev–Trinajstić information content (AvgIpc) is 3.70. The van der Waals surface area contributed by atoms with Crippen LogP contribution < -0.4 is 11.5 Å². The first-order valence-electron chi connectivity index (χ1n) is 12.0. The lowest BCUT2D eigenvalue weighted by molar-refractivity contribution is -0.0600. The number of nitrogens with zero attached hydrogens (tertiary/aromatic N) is 8. The number of aliphatic hydroxyl groups excluding tert-OH is 3. The third kappa shape index (κ3) is 4.78. The fourth-order valence-electron chi connectivity index (χ4n) is 4.74. The normalized spacial score (nSPS) is 31.7. The Morgan fingerprint density at radius 2 is 1.46 bits per heavy atom. The van der Waals surface area contributed by atoms with Crippen LogP contribution in [0.3, 0.4) is 0 Å². The van der Waals surface area contributed by atoms with Crippen molar-refractivity contribution in [3.05, 3.63) is 25.3 Å². The van der Waals surface area contributed by atoms with Gasteiger partial charge >= 0.3 is 7.82 Å². The number of nitrogens with two attached hydrogens (primary N) is 2. The third-order valence-corrected chi connectivity index (χ3v) is 7.75. The molecule has 0 bridgehead atoms. The molecular formula is C20H24FN10O9P. The van der Waals surface area contributed by atoms with Crippen LogP contribution in [0.5, 0.6) is 0 Å². The molecule has 9 atom stereocenters. The number of phosphoric ester groups is 1. The van der Waals surface area contributed by atoms with Crippen molar-refractivity contribution in [2.75, 3.05) is 24.7 Å². The predicted molar refractivity (Wildman–Crippen MR) is 132 cm³/mol. The molecule has 2 fully saturated rings. The number of halogens is 1. The number of rotatable bonds is 8. The van der Waals surface area contributed by atoms with Crippen molar-refractivity contribution in [2.24, 2.45) is 0 Å². The Bertz CT molecular complexity index is 1620. The number of hydrogen-bond donors (Lipinski definition) is 6. The van der Waals surface area contributed by atoms with Crippen molar-refractivity contribution in [1.82, 2.24) is 39.0 Å². The molecule has 0 amide bonds. The van der Waals surface area contributed by atoms with Gasteiger partial charge in [-0.3, -0.25) is 18.2 Å². The van der Waals surface area contributed by atoms with E-state index >= 15 is 4.39 Å². The van der Waals surface area contributed by atoms with Crippen LogP contribution in [-0.2, 0) is 23.1 Å².